The zero-order chi connectivity index (χ0) is 18.5. The normalized spacial score (nSPS) is 32.2. The quantitative estimate of drug-likeness (QED) is 0.895. The number of methoxy groups -OCH3 is 1. The van der Waals surface area contributed by atoms with Gasteiger partial charge in [-0.1, -0.05) is 26.8 Å². The van der Waals surface area contributed by atoms with Crippen LogP contribution in [0.1, 0.15) is 57.6 Å². The fraction of sp³-hybridized carbons (Fsp3) is 0.727. The molecule has 3 heteroatoms. The molecule has 1 unspecified atom stereocenters. The molecule has 0 saturated heterocycles. The number of ether oxygens (including phenoxy) is 1. The molecule has 0 spiro atoms. The first-order valence-electron chi connectivity index (χ1n) is 9.66. The fourth-order valence-electron chi connectivity index (χ4n) is 5.28. The third-order valence-corrected chi connectivity index (χ3v) is 6.84. The Morgan fingerprint density at radius 1 is 1.20 bits per heavy atom. The van der Waals surface area contributed by atoms with Gasteiger partial charge in [0.25, 0.3) is 0 Å². The van der Waals surface area contributed by atoms with Crippen molar-refractivity contribution in [3.05, 3.63) is 29.3 Å². The lowest BCUT2D eigenvalue weighted by Gasteiger charge is -2.58. The monoisotopic (exact) mass is 345 g/mol. The summed E-state index contributed by atoms with van der Waals surface area (Å²) in [6.45, 7) is 7.90. The second kappa shape index (κ2) is 6.28. The highest BCUT2D eigenvalue weighted by Crippen LogP contribution is 2.56. The average Bonchev–Trinajstić information content (AvgIpc) is 2.51. The predicted molar refractivity (Wildman–Crippen MR) is 103 cm³/mol. The second-order valence-corrected chi connectivity index (χ2v) is 9.69. The van der Waals surface area contributed by atoms with E-state index in [1.807, 2.05) is 6.07 Å². The van der Waals surface area contributed by atoms with Gasteiger partial charge in [-0.05, 0) is 80.8 Å². The number of hydrogen-bond donors (Lipinski definition) is 1. The van der Waals surface area contributed by atoms with Crippen LogP contribution in [0.3, 0.4) is 0 Å². The van der Waals surface area contributed by atoms with Crippen LogP contribution in [0.5, 0.6) is 5.75 Å². The van der Waals surface area contributed by atoms with Crippen LogP contribution in [0.2, 0.25) is 0 Å². The van der Waals surface area contributed by atoms with Crippen molar-refractivity contribution in [2.24, 2.45) is 11.3 Å². The van der Waals surface area contributed by atoms with E-state index in [1.165, 1.54) is 11.1 Å². The average molecular weight is 346 g/mol. The van der Waals surface area contributed by atoms with Crippen molar-refractivity contribution in [2.45, 2.75) is 63.9 Å². The SMILES string of the molecule is COc1ccc2c(c1)C(CN(C)C)(C1(O)CCC(C(C)(C)C)CC1)C2. The van der Waals surface area contributed by atoms with Gasteiger partial charge in [-0.15, -0.1) is 0 Å². The summed E-state index contributed by atoms with van der Waals surface area (Å²) in [7, 11) is 5.95. The Labute approximate surface area is 153 Å². The van der Waals surface area contributed by atoms with Crippen molar-refractivity contribution in [1.82, 2.24) is 4.90 Å². The van der Waals surface area contributed by atoms with E-state index >= 15 is 0 Å². The molecule has 3 rings (SSSR count). The number of likely N-dealkylation sites (N-methyl/N-ethyl adjacent to an activating group) is 1. The van der Waals surface area contributed by atoms with Crippen LogP contribution in [0, 0.1) is 11.3 Å². The fourth-order valence-corrected chi connectivity index (χ4v) is 5.28. The molecule has 2 aliphatic carbocycles. The molecule has 1 aromatic rings. The summed E-state index contributed by atoms with van der Waals surface area (Å²) >= 11 is 0. The minimum absolute atomic E-state index is 0.163. The van der Waals surface area contributed by atoms with Crippen LogP contribution in [0.15, 0.2) is 18.2 Å². The van der Waals surface area contributed by atoms with Crippen LogP contribution in [-0.4, -0.2) is 43.4 Å². The lowest BCUT2D eigenvalue weighted by atomic mass is 9.50. The van der Waals surface area contributed by atoms with Gasteiger partial charge in [-0.2, -0.15) is 0 Å². The number of benzene rings is 1. The maximum atomic E-state index is 11.8. The van der Waals surface area contributed by atoms with Gasteiger partial charge >= 0.3 is 0 Å². The van der Waals surface area contributed by atoms with Crippen LogP contribution in [-0.2, 0) is 11.8 Å². The summed E-state index contributed by atoms with van der Waals surface area (Å²) < 4.78 is 5.47. The first kappa shape index (κ1) is 18.7. The highest BCUT2D eigenvalue weighted by atomic mass is 16.5. The molecule has 0 radical (unpaired) electrons. The molecule has 0 aromatic heterocycles. The van der Waals surface area contributed by atoms with E-state index in [-0.39, 0.29) is 5.41 Å². The van der Waals surface area contributed by atoms with E-state index < -0.39 is 5.60 Å². The molecular weight excluding hydrogens is 310 g/mol. The minimum atomic E-state index is -0.613. The topological polar surface area (TPSA) is 32.7 Å². The summed E-state index contributed by atoms with van der Waals surface area (Å²) in [6.07, 6.45) is 5.02. The molecule has 2 aliphatic rings. The van der Waals surface area contributed by atoms with E-state index in [1.54, 1.807) is 7.11 Å². The van der Waals surface area contributed by atoms with Crippen LogP contribution >= 0.6 is 0 Å². The molecule has 0 aliphatic heterocycles. The Balaban J connectivity index is 1.92. The summed E-state index contributed by atoms with van der Waals surface area (Å²) in [5, 5.41) is 11.8. The van der Waals surface area contributed by atoms with Gasteiger partial charge in [0.05, 0.1) is 12.7 Å². The summed E-state index contributed by atoms with van der Waals surface area (Å²) in [5.41, 5.74) is 2.23. The summed E-state index contributed by atoms with van der Waals surface area (Å²) in [4.78, 5) is 2.23. The third kappa shape index (κ3) is 3.10. The molecule has 1 fully saturated rings. The van der Waals surface area contributed by atoms with Crippen molar-refractivity contribution >= 4 is 0 Å². The molecule has 25 heavy (non-hydrogen) atoms. The first-order chi connectivity index (χ1) is 11.6. The maximum absolute atomic E-state index is 11.8. The summed E-state index contributed by atoms with van der Waals surface area (Å²) in [6, 6.07) is 6.38. The standard InChI is InChI=1S/C22H35NO2/c1-20(2,3)17-9-11-22(24,12-10-17)21(15-23(4)5)14-16-7-8-18(25-6)13-19(16)21/h7-8,13,17,24H,9-12,14-15H2,1-6H3. The molecule has 3 nitrogen and oxygen atoms in total. The molecular formula is C22H35NO2. The predicted octanol–water partition coefficient (Wildman–Crippen LogP) is 4.02. The minimum Gasteiger partial charge on any atom is -0.497 e. The Morgan fingerprint density at radius 2 is 1.84 bits per heavy atom. The molecule has 0 bridgehead atoms. The number of aliphatic hydroxyl groups is 1. The zero-order valence-electron chi connectivity index (χ0n) is 16.9. The highest BCUT2D eigenvalue weighted by Gasteiger charge is 2.58. The molecule has 0 amide bonds. The Kier molecular flexibility index (Phi) is 4.70. The van der Waals surface area contributed by atoms with Gasteiger partial charge in [0.2, 0.25) is 0 Å². The van der Waals surface area contributed by atoms with Crippen LogP contribution in [0.25, 0.3) is 0 Å². The number of rotatable bonds is 4. The Morgan fingerprint density at radius 3 is 2.36 bits per heavy atom. The van der Waals surface area contributed by atoms with Crippen LogP contribution in [0.4, 0.5) is 0 Å². The van der Waals surface area contributed by atoms with E-state index in [2.05, 4.69) is 51.9 Å². The van der Waals surface area contributed by atoms with Gasteiger partial charge in [0, 0.05) is 12.0 Å². The van der Waals surface area contributed by atoms with Crippen molar-refractivity contribution in [3.8, 4) is 5.75 Å². The third-order valence-electron chi connectivity index (χ3n) is 6.84. The molecule has 1 aromatic carbocycles. The van der Waals surface area contributed by atoms with E-state index in [0.29, 0.717) is 11.3 Å². The van der Waals surface area contributed by atoms with Crippen molar-refractivity contribution in [2.75, 3.05) is 27.7 Å². The highest BCUT2D eigenvalue weighted by molar-refractivity contribution is 5.52. The van der Waals surface area contributed by atoms with Gasteiger partial charge in [0.15, 0.2) is 0 Å². The van der Waals surface area contributed by atoms with Crippen molar-refractivity contribution in [1.29, 1.82) is 0 Å². The van der Waals surface area contributed by atoms with Gasteiger partial charge < -0.3 is 14.7 Å². The molecule has 1 atom stereocenters. The number of nitrogens with zero attached hydrogens (tertiary/aromatic N) is 1. The van der Waals surface area contributed by atoms with Crippen molar-refractivity contribution in [3.63, 3.8) is 0 Å². The molecule has 0 heterocycles. The maximum Gasteiger partial charge on any atom is 0.119 e. The lowest BCUT2D eigenvalue weighted by molar-refractivity contribution is -0.103. The van der Waals surface area contributed by atoms with Crippen molar-refractivity contribution < 1.29 is 9.84 Å². The van der Waals surface area contributed by atoms with E-state index in [9.17, 15) is 5.11 Å². The second-order valence-electron chi connectivity index (χ2n) is 9.69. The molecule has 1 saturated carbocycles. The zero-order valence-corrected chi connectivity index (χ0v) is 16.9. The first-order valence-corrected chi connectivity index (χ1v) is 9.66. The number of hydrogen-bond acceptors (Lipinski definition) is 3. The lowest BCUT2D eigenvalue weighted by Crippen LogP contribution is -2.63. The molecule has 1 N–H and O–H groups in total. The Bertz CT molecular complexity index is 623. The van der Waals surface area contributed by atoms with E-state index in [4.69, 9.17) is 4.74 Å². The molecule has 140 valence electrons. The van der Waals surface area contributed by atoms with E-state index in [0.717, 1.165) is 44.4 Å². The van der Waals surface area contributed by atoms with Gasteiger partial charge in [-0.3, -0.25) is 0 Å². The largest absolute Gasteiger partial charge is 0.497 e. The Hall–Kier alpha value is -1.06. The van der Waals surface area contributed by atoms with Gasteiger partial charge in [-0.25, -0.2) is 0 Å². The summed E-state index contributed by atoms with van der Waals surface area (Å²) in [5.74, 6) is 1.60. The number of fused-ring (bicyclic) bond motifs is 1. The van der Waals surface area contributed by atoms with Crippen LogP contribution < -0.4 is 4.74 Å². The smallest absolute Gasteiger partial charge is 0.119 e. The van der Waals surface area contributed by atoms with Gasteiger partial charge in [0.1, 0.15) is 5.75 Å².